The van der Waals surface area contributed by atoms with E-state index in [-0.39, 0.29) is 11.8 Å². The summed E-state index contributed by atoms with van der Waals surface area (Å²) in [6, 6.07) is 0. The fourth-order valence-electron chi connectivity index (χ4n) is 3.53. The molecule has 0 unspecified atom stereocenters. The summed E-state index contributed by atoms with van der Waals surface area (Å²) in [6.07, 6.45) is 3.27. The summed E-state index contributed by atoms with van der Waals surface area (Å²) in [5.74, 6) is 0.544. The Labute approximate surface area is 190 Å². The highest BCUT2D eigenvalue weighted by Gasteiger charge is 2.27. The summed E-state index contributed by atoms with van der Waals surface area (Å²) in [6.45, 7) is 11.5. The Balaban J connectivity index is 1.66. The van der Waals surface area contributed by atoms with Crippen LogP contribution in [0.25, 0.3) is 5.65 Å². The van der Waals surface area contributed by atoms with Crippen molar-refractivity contribution in [3.63, 3.8) is 0 Å². The number of amides is 1. The molecular weight excluding hydrogens is 466 g/mol. The third kappa shape index (κ3) is 5.66. The number of rotatable bonds is 5. The SMILES string of the molecule is CCOC(=O)c1nc2c(NCC3CCN(C(=O)OC(C)(C)C)CC3)nc(Br)cn2c1C. The molecule has 0 spiro atoms. The van der Waals surface area contributed by atoms with E-state index < -0.39 is 11.6 Å². The van der Waals surface area contributed by atoms with Crippen LogP contribution in [0.2, 0.25) is 0 Å². The van der Waals surface area contributed by atoms with E-state index in [4.69, 9.17) is 9.47 Å². The number of halogens is 1. The van der Waals surface area contributed by atoms with E-state index in [2.05, 4.69) is 31.2 Å². The van der Waals surface area contributed by atoms with E-state index in [1.807, 2.05) is 32.1 Å². The van der Waals surface area contributed by atoms with E-state index >= 15 is 0 Å². The maximum atomic E-state index is 12.2. The number of imidazole rings is 1. The van der Waals surface area contributed by atoms with Crippen LogP contribution in [0, 0.1) is 12.8 Å². The van der Waals surface area contributed by atoms with Crippen LogP contribution in [0.3, 0.4) is 0 Å². The fourth-order valence-corrected chi connectivity index (χ4v) is 3.91. The van der Waals surface area contributed by atoms with Crippen LogP contribution >= 0.6 is 15.9 Å². The number of likely N-dealkylation sites (tertiary alicyclic amines) is 1. The van der Waals surface area contributed by atoms with Crippen LogP contribution in [-0.2, 0) is 9.47 Å². The summed E-state index contributed by atoms with van der Waals surface area (Å²) in [5.41, 5.74) is 1.08. The largest absolute Gasteiger partial charge is 0.461 e. The lowest BCUT2D eigenvalue weighted by molar-refractivity contribution is 0.0188. The minimum absolute atomic E-state index is 0.256. The van der Waals surface area contributed by atoms with Gasteiger partial charge in [-0.25, -0.2) is 19.6 Å². The van der Waals surface area contributed by atoms with Gasteiger partial charge in [-0.05, 0) is 69.3 Å². The molecule has 2 aromatic heterocycles. The van der Waals surface area contributed by atoms with Gasteiger partial charge in [-0.1, -0.05) is 0 Å². The lowest BCUT2D eigenvalue weighted by atomic mass is 9.97. The number of carbonyl (C=O) groups excluding carboxylic acids is 2. The van der Waals surface area contributed by atoms with Crippen LogP contribution in [0.5, 0.6) is 0 Å². The molecule has 2 aromatic rings. The molecule has 170 valence electrons. The van der Waals surface area contributed by atoms with Gasteiger partial charge in [0.25, 0.3) is 0 Å². The van der Waals surface area contributed by atoms with E-state index in [1.165, 1.54) is 0 Å². The maximum Gasteiger partial charge on any atom is 0.410 e. The Morgan fingerprint density at radius 1 is 1.26 bits per heavy atom. The predicted molar refractivity (Wildman–Crippen MR) is 120 cm³/mol. The number of fused-ring (bicyclic) bond motifs is 1. The van der Waals surface area contributed by atoms with Crippen LogP contribution < -0.4 is 5.32 Å². The van der Waals surface area contributed by atoms with Crippen LogP contribution in [0.4, 0.5) is 10.6 Å². The fraction of sp³-hybridized carbons (Fsp3) is 0.619. The number of aromatic nitrogens is 3. The molecule has 3 heterocycles. The first kappa shape index (κ1) is 23.3. The van der Waals surface area contributed by atoms with Gasteiger partial charge in [0, 0.05) is 25.8 Å². The number of hydrogen-bond acceptors (Lipinski definition) is 7. The van der Waals surface area contributed by atoms with Crippen LogP contribution in [-0.4, -0.2) is 63.2 Å². The Hall–Kier alpha value is -2.36. The van der Waals surface area contributed by atoms with Crippen LogP contribution in [0.15, 0.2) is 10.8 Å². The average molecular weight is 496 g/mol. The maximum absolute atomic E-state index is 12.2. The first-order chi connectivity index (χ1) is 14.6. The molecule has 9 nitrogen and oxygen atoms in total. The molecule has 31 heavy (non-hydrogen) atoms. The second-order valence-electron chi connectivity index (χ2n) is 8.66. The number of nitrogens with one attached hydrogen (secondary N) is 1. The Bertz CT molecular complexity index is 961. The highest BCUT2D eigenvalue weighted by Crippen LogP contribution is 2.24. The number of esters is 1. The summed E-state index contributed by atoms with van der Waals surface area (Å²) in [7, 11) is 0. The van der Waals surface area contributed by atoms with Gasteiger partial charge >= 0.3 is 12.1 Å². The summed E-state index contributed by atoms with van der Waals surface area (Å²) < 4.78 is 13.0. The second-order valence-corrected chi connectivity index (χ2v) is 9.48. The van der Waals surface area contributed by atoms with Crippen molar-refractivity contribution in [2.45, 2.75) is 53.1 Å². The van der Waals surface area contributed by atoms with Crippen LogP contribution in [0.1, 0.15) is 56.7 Å². The smallest absolute Gasteiger partial charge is 0.410 e. The topological polar surface area (TPSA) is 98.1 Å². The quantitative estimate of drug-likeness (QED) is 0.624. The first-order valence-corrected chi connectivity index (χ1v) is 11.3. The number of hydrogen-bond donors (Lipinski definition) is 1. The molecule has 10 heteroatoms. The van der Waals surface area contributed by atoms with Crippen molar-refractivity contribution in [3.05, 3.63) is 22.2 Å². The minimum Gasteiger partial charge on any atom is -0.461 e. The number of anilines is 1. The van der Waals surface area contributed by atoms with Gasteiger partial charge in [-0.2, -0.15) is 0 Å². The first-order valence-electron chi connectivity index (χ1n) is 10.5. The average Bonchev–Trinajstić information content (AvgIpc) is 3.02. The lowest BCUT2D eigenvalue weighted by Gasteiger charge is -2.33. The molecule has 0 radical (unpaired) electrons. The molecule has 0 atom stereocenters. The lowest BCUT2D eigenvalue weighted by Crippen LogP contribution is -2.42. The molecule has 1 saturated heterocycles. The third-order valence-corrected chi connectivity index (χ3v) is 5.49. The Kier molecular flexibility index (Phi) is 7.08. The van der Waals surface area contributed by atoms with Gasteiger partial charge in [0.05, 0.1) is 12.3 Å². The summed E-state index contributed by atoms with van der Waals surface area (Å²) in [4.78, 5) is 35.2. The van der Waals surface area contributed by atoms with Gasteiger partial charge in [-0.3, -0.25) is 4.40 Å². The van der Waals surface area contributed by atoms with Crippen molar-refractivity contribution >= 4 is 39.5 Å². The van der Waals surface area contributed by atoms with Gasteiger partial charge in [0.2, 0.25) is 0 Å². The molecule has 3 rings (SSSR count). The summed E-state index contributed by atoms with van der Waals surface area (Å²) in [5, 5.41) is 3.38. The number of piperidine rings is 1. The monoisotopic (exact) mass is 495 g/mol. The zero-order valence-corrected chi connectivity index (χ0v) is 20.3. The van der Waals surface area contributed by atoms with Gasteiger partial charge in [0.15, 0.2) is 17.2 Å². The second kappa shape index (κ2) is 9.42. The highest BCUT2D eigenvalue weighted by atomic mass is 79.9. The third-order valence-electron chi connectivity index (χ3n) is 5.11. The van der Waals surface area contributed by atoms with Crippen molar-refractivity contribution in [3.8, 4) is 0 Å². The van der Waals surface area contributed by atoms with Gasteiger partial charge < -0.3 is 19.7 Å². The van der Waals surface area contributed by atoms with E-state index in [1.54, 1.807) is 18.0 Å². The van der Waals surface area contributed by atoms with Crippen molar-refractivity contribution in [1.29, 1.82) is 0 Å². The molecule has 1 fully saturated rings. The van der Waals surface area contributed by atoms with Crippen molar-refractivity contribution in [2.75, 3.05) is 31.6 Å². The zero-order valence-electron chi connectivity index (χ0n) is 18.7. The van der Waals surface area contributed by atoms with E-state index in [0.717, 1.165) is 12.8 Å². The molecule has 1 amide bonds. The molecule has 1 N–H and O–H groups in total. The number of aryl methyl sites for hydroxylation is 1. The molecule has 0 aliphatic carbocycles. The molecule has 0 aromatic carbocycles. The number of carbonyl (C=O) groups is 2. The molecule has 1 aliphatic rings. The van der Waals surface area contributed by atoms with Crippen molar-refractivity contribution in [1.82, 2.24) is 19.3 Å². The van der Waals surface area contributed by atoms with E-state index in [9.17, 15) is 9.59 Å². The minimum atomic E-state index is -0.488. The van der Waals surface area contributed by atoms with Crippen molar-refractivity contribution < 1.29 is 19.1 Å². The number of nitrogens with zero attached hydrogens (tertiary/aromatic N) is 4. The molecular formula is C21H30BrN5O4. The standard InChI is InChI=1S/C21H30BrN5O4/c1-6-30-19(28)16-13(2)27-12-15(22)24-17(18(27)25-16)23-11-14-7-9-26(10-8-14)20(29)31-21(3,4)5/h12,14H,6-11H2,1-5H3,(H,23,24). The predicted octanol–water partition coefficient (Wildman–Crippen LogP) is 4.04. The zero-order chi connectivity index (χ0) is 22.8. The summed E-state index contributed by atoms with van der Waals surface area (Å²) >= 11 is 3.43. The van der Waals surface area contributed by atoms with Gasteiger partial charge in [0.1, 0.15) is 10.2 Å². The Morgan fingerprint density at radius 3 is 2.55 bits per heavy atom. The van der Waals surface area contributed by atoms with E-state index in [0.29, 0.717) is 53.9 Å². The molecule has 0 bridgehead atoms. The highest BCUT2D eigenvalue weighted by molar-refractivity contribution is 9.10. The van der Waals surface area contributed by atoms with Crippen molar-refractivity contribution in [2.24, 2.45) is 5.92 Å². The molecule has 1 aliphatic heterocycles. The Morgan fingerprint density at radius 2 is 1.94 bits per heavy atom. The molecule has 0 saturated carbocycles. The normalized spacial score (nSPS) is 15.2. The number of ether oxygens (including phenoxy) is 2. The van der Waals surface area contributed by atoms with Gasteiger partial charge in [-0.15, -0.1) is 0 Å².